The zero-order valence-electron chi connectivity index (χ0n) is 18.2. The van der Waals surface area contributed by atoms with Crippen molar-refractivity contribution >= 4 is 11.2 Å². The Morgan fingerprint density at radius 2 is 1.71 bits per heavy atom. The molecule has 8 nitrogen and oxygen atoms in total. The third-order valence-corrected chi connectivity index (χ3v) is 5.48. The smallest absolute Gasteiger partial charge is 0.332 e. The van der Waals surface area contributed by atoms with Gasteiger partial charge in [0.25, 0.3) is 5.56 Å². The Labute approximate surface area is 178 Å². The minimum atomic E-state index is -0.443. The standard InChI is InChI=1S/C23H24N4O4/c1-14-9-10-18(11-15(14)2)31-22-24-20-19(21(28)26(4)23(29)25(20)3)27(22)13-16-7-6-8-17(12-16)30-5/h6-12H,13H2,1-5H3. The van der Waals surface area contributed by atoms with Crippen molar-refractivity contribution in [1.82, 2.24) is 18.7 Å². The summed E-state index contributed by atoms with van der Waals surface area (Å²) in [6.07, 6.45) is 0. The molecule has 0 fully saturated rings. The Bertz CT molecular complexity index is 1410. The molecular formula is C23H24N4O4. The Kier molecular flexibility index (Phi) is 5.14. The van der Waals surface area contributed by atoms with E-state index in [2.05, 4.69) is 4.98 Å². The average molecular weight is 420 g/mol. The van der Waals surface area contributed by atoms with Crippen LogP contribution in [-0.4, -0.2) is 25.8 Å². The predicted octanol–water partition coefficient (Wildman–Crippen LogP) is 2.90. The number of fused-ring (bicyclic) bond motifs is 1. The lowest BCUT2D eigenvalue weighted by Crippen LogP contribution is -2.37. The lowest BCUT2D eigenvalue weighted by atomic mass is 10.1. The average Bonchev–Trinajstić information content (AvgIpc) is 3.11. The van der Waals surface area contributed by atoms with Gasteiger partial charge in [-0.3, -0.25) is 18.5 Å². The van der Waals surface area contributed by atoms with E-state index in [0.717, 1.165) is 21.3 Å². The maximum Gasteiger partial charge on any atom is 0.332 e. The van der Waals surface area contributed by atoms with Crippen molar-refractivity contribution in [3.63, 3.8) is 0 Å². The molecule has 0 radical (unpaired) electrons. The molecule has 0 saturated heterocycles. The molecule has 4 rings (SSSR count). The summed E-state index contributed by atoms with van der Waals surface area (Å²) < 4.78 is 15.6. The molecule has 2 aromatic carbocycles. The van der Waals surface area contributed by atoms with Gasteiger partial charge in [-0.1, -0.05) is 18.2 Å². The first-order valence-corrected chi connectivity index (χ1v) is 9.84. The molecule has 0 saturated carbocycles. The SMILES string of the molecule is COc1cccc(Cn2c(Oc3ccc(C)c(C)c3)nc3c2c(=O)n(C)c(=O)n3C)c1. The second-order valence-electron chi connectivity index (χ2n) is 7.56. The first-order chi connectivity index (χ1) is 14.8. The second-order valence-corrected chi connectivity index (χ2v) is 7.56. The molecule has 0 aliphatic carbocycles. The summed E-state index contributed by atoms with van der Waals surface area (Å²) >= 11 is 0. The first kappa shape index (κ1) is 20.5. The van der Waals surface area contributed by atoms with Crippen LogP contribution in [0.2, 0.25) is 0 Å². The van der Waals surface area contributed by atoms with Crippen molar-refractivity contribution in [2.75, 3.05) is 7.11 Å². The number of hydrogen-bond donors (Lipinski definition) is 0. The van der Waals surface area contributed by atoms with Gasteiger partial charge >= 0.3 is 11.7 Å². The lowest BCUT2D eigenvalue weighted by Gasteiger charge is -2.12. The quantitative estimate of drug-likeness (QED) is 0.496. The maximum absolute atomic E-state index is 13.0. The highest BCUT2D eigenvalue weighted by molar-refractivity contribution is 5.72. The number of aryl methyl sites for hydroxylation is 3. The van der Waals surface area contributed by atoms with E-state index in [1.54, 1.807) is 18.7 Å². The zero-order valence-corrected chi connectivity index (χ0v) is 18.2. The Morgan fingerprint density at radius 1 is 0.935 bits per heavy atom. The van der Waals surface area contributed by atoms with Crippen LogP contribution < -0.4 is 20.7 Å². The summed E-state index contributed by atoms with van der Waals surface area (Å²) in [7, 11) is 4.65. The van der Waals surface area contributed by atoms with Crippen LogP contribution in [0, 0.1) is 13.8 Å². The van der Waals surface area contributed by atoms with E-state index in [-0.39, 0.29) is 11.7 Å². The van der Waals surface area contributed by atoms with Crippen molar-refractivity contribution in [3.8, 4) is 17.5 Å². The first-order valence-electron chi connectivity index (χ1n) is 9.84. The van der Waals surface area contributed by atoms with Gasteiger partial charge in [0, 0.05) is 14.1 Å². The molecule has 2 aromatic heterocycles. The van der Waals surface area contributed by atoms with Crippen molar-refractivity contribution < 1.29 is 9.47 Å². The molecule has 160 valence electrons. The van der Waals surface area contributed by atoms with Crippen LogP contribution in [0.5, 0.6) is 17.5 Å². The van der Waals surface area contributed by atoms with Crippen molar-refractivity contribution in [1.29, 1.82) is 0 Å². The van der Waals surface area contributed by atoms with Gasteiger partial charge < -0.3 is 9.47 Å². The fourth-order valence-corrected chi connectivity index (χ4v) is 3.49. The summed E-state index contributed by atoms with van der Waals surface area (Å²) in [5.74, 6) is 1.31. The highest BCUT2D eigenvalue weighted by Crippen LogP contribution is 2.27. The molecule has 0 aliphatic heterocycles. The summed E-state index contributed by atoms with van der Waals surface area (Å²) in [4.78, 5) is 30.0. The number of aromatic nitrogens is 4. The molecule has 4 aromatic rings. The van der Waals surface area contributed by atoms with Crippen molar-refractivity contribution in [3.05, 3.63) is 80.0 Å². The normalized spacial score (nSPS) is 11.1. The Hall–Kier alpha value is -3.81. The highest BCUT2D eigenvalue weighted by atomic mass is 16.5. The van der Waals surface area contributed by atoms with E-state index < -0.39 is 11.2 Å². The number of ether oxygens (including phenoxy) is 2. The molecule has 0 bridgehead atoms. The Morgan fingerprint density at radius 3 is 2.42 bits per heavy atom. The summed E-state index contributed by atoms with van der Waals surface area (Å²) in [6.45, 7) is 4.35. The van der Waals surface area contributed by atoms with Crippen LogP contribution in [0.4, 0.5) is 0 Å². The van der Waals surface area contributed by atoms with Gasteiger partial charge in [-0.15, -0.1) is 0 Å². The molecule has 0 aliphatic rings. The van der Waals surface area contributed by atoms with Crippen LogP contribution in [0.1, 0.15) is 16.7 Å². The maximum atomic E-state index is 13.0. The summed E-state index contributed by atoms with van der Waals surface area (Å²) in [5.41, 5.74) is 2.83. The van der Waals surface area contributed by atoms with Gasteiger partial charge in [-0.2, -0.15) is 4.98 Å². The monoisotopic (exact) mass is 420 g/mol. The van der Waals surface area contributed by atoms with E-state index >= 15 is 0 Å². The van der Waals surface area contributed by atoms with Gasteiger partial charge in [0.05, 0.1) is 13.7 Å². The molecule has 0 N–H and O–H groups in total. The van der Waals surface area contributed by atoms with Crippen molar-refractivity contribution in [2.45, 2.75) is 20.4 Å². The van der Waals surface area contributed by atoms with Crippen LogP contribution >= 0.6 is 0 Å². The number of imidazole rings is 1. The largest absolute Gasteiger partial charge is 0.497 e. The summed E-state index contributed by atoms with van der Waals surface area (Å²) in [5, 5.41) is 0. The molecule has 0 atom stereocenters. The van der Waals surface area contributed by atoms with Gasteiger partial charge in [-0.05, 0) is 54.8 Å². The second kappa shape index (κ2) is 7.79. The van der Waals surface area contributed by atoms with E-state index in [4.69, 9.17) is 9.47 Å². The van der Waals surface area contributed by atoms with E-state index in [0.29, 0.717) is 23.6 Å². The highest BCUT2D eigenvalue weighted by Gasteiger charge is 2.21. The zero-order chi connectivity index (χ0) is 22.3. The molecule has 0 amide bonds. The van der Waals surface area contributed by atoms with Gasteiger partial charge in [0.2, 0.25) is 0 Å². The Balaban J connectivity index is 1.93. The predicted molar refractivity (Wildman–Crippen MR) is 118 cm³/mol. The van der Waals surface area contributed by atoms with E-state index in [1.807, 2.05) is 56.3 Å². The summed E-state index contributed by atoms with van der Waals surface area (Å²) in [6, 6.07) is 13.5. The molecule has 31 heavy (non-hydrogen) atoms. The lowest BCUT2D eigenvalue weighted by molar-refractivity contribution is 0.412. The fraction of sp³-hybridized carbons (Fsp3) is 0.261. The third kappa shape index (κ3) is 3.61. The number of nitrogens with zero attached hydrogens (tertiary/aromatic N) is 4. The van der Waals surface area contributed by atoms with Crippen LogP contribution in [0.25, 0.3) is 11.2 Å². The van der Waals surface area contributed by atoms with Gasteiger partial charge in [-0.25, -0.2) is 4.79 Å². The number of rotatable bonds is 5. The van der Waals surface area contributed by atoms with Crippen molar-refractivity contribution in [2.24, 2.45) is 14.1 Å². The van der Waals surface area contributed by atoms with Crippen LogP contribution in [0.15, 0.2) is 52.1 Å². The molecule has 8 heteroatoms. The molecule has 2 heterocycles. The third-order valence-electron chi connectivity index (χ3n) is 5.48. The minimum Gasteiger partial charge on any atom is -0.497 e. The fourth-order valence-electron chi connectivity index (χ4n) is 3.49. The number of hydrogen-bond acceptors (Lipinski definition) is 5. The number of methoxy groups -OCH3 is 1. The molecule has 0 unspecified atom stereocenters. The number of benzene rings is 2. The topological polar surface area (TPSA) is 80.3 Å². The van der Waals surface area contributed by atoms with Crippen LogP contribution in [-0.2, 0) is 20.6 Å². The van der Waals surface area contributed by atoms with Crippen LogP contribution in [0.3, 0.4) is 0 Å². The van der Waals surface area contributed by atoms with Gasteiger partial charge in [0.1, 0.15) is 11.5 Å². The minimum absolute atomic E-state index is 0.236. The molecular weight excluding hydrogens is 396 g/mol. The van der Waals surface area contributed by atoms with E-state index in [9.17, 15) is 9.59 Å². The molecule has 0 spiro atoms. The van der Waals surface area contributed by atoms with E-state index in [1.165, 1.54) is 11.6 Å². The van der Waals surface area contributed by atoms with Gasteiger partial charge in [0.15, 0.2) is 11.2 Å².